The summed E-state index contributed by atoms with van der Waals surface area (Å²) < 4.78 is 62.3. The summed E-state index contributed by atoms with van der Waals surface area (Å²) in [5.41, 5.74) is -1.34. The smallest absolute Gasteiger partial charge is 0.417 e. The molecule has 0 aliphatic carbocycles. The van der Waals surface area contributed by atoms with E-state index in [9.17, 15) is 26.4 Å². The van der Waals surface area contributed by atoms with Crippen molar-refractivity contribution in [2.75, 3.05) is 6.54 Å². The van der Waals surface area contributed by atoms with Crippen LogP contribution in [-0.2, 0) is 21.0 Å². The minimum absolute atomic E-state index is 0.606. The van der Waals surface area contributed by atoms with Gasteiger partial charge in [-0.3, -0.25) is 4.79 Å². The van der Waals surface area contributed by atoms with E-state index in [1.54, 1.807) is 4.72 Å². The zero-order valence-corrected chi connectivity index (χ0v) is 9.55. The SMILES string of the molecule is O=C(O)CNS(=O)(=O)c1ccccc1C(F)(F)F. The number of aliphatic carboxylic acids is 1. The third kappa shape index (κ3) is 3.44. The van der Waals surface area contributed by atoms with Gasteiger partial charge in [0.25, 0.3) is 0 Å². The van der Waals surface area contributed by atoms with E-state index in [2.05, 4.69) is 0 Å². The Kier molecular flexibility index (Phi) is 3.97. The number of carbonyl (C=O) groups is 1. The molecule has 1 aromatic rings. The average Bonchev–Trinajstić information content (AvgIpc) is 2.25. The molecule has 18 heavy (non-hydrogen) atoms. The second-order valence-corrected chi connectivity index (χ2v) is 4.95. The molecule has 0 amide bonds. The molecular weight excluding hydrogens is 275 g/mol. The summed E-state index contributed by atoms with van der Waals surface area (Å²) in [6.45, 7) is -0.992. The molecule has 1 aromatic carbocycles. The van der Waals surface area contributed by atoms with Crippen LogP contribution >= 0.6 is 0 Å². The van der Waals surface area contributed by atoms with Gasteiger partial charge in [0.15, 0.2) is 0 Å². The van der Waals surface area contributed by atoms with Crippen molar-refractivity contribution in [2.45, 2.75) is 11.1 Å². The van der Waals surface area contributed by atoms with Gasteiger partial charge in [-0.1, -0.05) is 12.1 Å². The lowest BCUT2D eigenvalue weighted by Gasteiger charge is -2.12. The maximum absolute atomic E-state index is 12.6. The fraction of sp³-hybridized carbons (Fsp3) is 0.222. The molecule has 0 aromatic heterocycles. The quantitative estimate of drug-likeness (QED) is 0.865. The highest BCUT2D eigenvalue weighted by Gasteiger charge is 2.36. The van der Waals surface area contributed by atoms with Crippen molar-refractivity contribution in [3.8, 4) is 0 Å². The van der Waals surface area contributed by atoms with Crippen LogP contribution < -0.4 is 4.72 Å². The first kappa shape index (κ1) is 14.5. The summed E-state index contributed by atoms with van der Waals surface area (Å²) >= 11 is 0. The van der Waals surface area contributed by atoms with Gasteiger partial charge in [-0.2, -0.15) is 17.9 Å². The highest BCUT2D eigenvalue weighted by Crippen LogP contribution is 2.33. The van der Waals surface area contributed by atoms with Crippen LogP contribution in [0, 0.1) is 0 Å². The van der Waals surface area contributed by atoms with E-state index in [0.29, 0.717) is 6.07 Å². The van der Waals surface area contributed by atoms with Crippen LogP contribution in [0.3, 0.4) is 0 Å². The summed E-state index contributed by atoms with van der Waals surface area (Å²) in [7, 11) is -4.52. The molecular formula is C9H8F3NO4S. The van der Waals surface area contributed by atoms with Crippen LogP contribution in [0.5, 0.6) is 0 Å². The van der Waals surface area contributed by atoms with Gasteiger partial charge < -0.3 is 5.11 Å². The highest BCUT2D eigenvalue weighted by molar-refractivity contribution is 7.89. The second-order valence-electron chi connectivity index (χ2n) is 3.21. The molecule has 0 radical (unpaired) electrons. The van der Waals surface area contributed by atoms with Crippen LogP contribution in [0.1, 0.15) is 5.56 Å². The van der Waals surface area contributed by atoms with Gasteiger partial charge >= 0.3 is 12.1 Å². The van der Waals surface area contributed by atoms with Crippen LogP contribution in [-0.4, -0.2) is 26.0 Å². The predicted molar refractivity (Wildman–Crippen MR) is 54.3 cm³/mol. The van der Waals surface area contributed by atoms with Gasteiger partial charge in [-0.25, -0.2) is 8.42 Å². The van der Waals surface area contributed by atoms with Crippen molar-refractivity contribution in [1.29, 1.82) is 0 Å². The van der Waals surface area contributed by atoms with Crippen molar-refractivity contribution in [1.82, 2.24) is 4.72 Å². The average molecular weight is 283 g/mol. The summed E-state index contributed by atoms with van der Waals surface area (Å²) in [4.78, 5) is 9.21. The van der Waals surface area contributed by atoms with E-state index in [1.165, 1.54) is 0 Å². The van der Waals surface area contributed by atoms with E-state index in [0.717, 1.165) is 18.2 Å². The number of rotatable bonds is 4. The lowest BCUT2D eigenvalue weighted by Crippen LogP contribution is -2.30. The van der Waals surface area contributed by atoms with Crippen molar-refractivity contribution in [3.63, 3.8) is 0 Å². The minimum atomic E-state index is -4.84. The van der Waals surface area contributed by atoms with E-state index in [4.69, 9.17) is 5.11 Å². The predicted octanol–water partition coefficient (Wildman–Crippen LogP) is 1.07. The molecule has 2 N–H and O–H groups in total. The Bertz CT molecular complexity index is 553. The molecule has 0 unspecified atom stereocenters. The molecule has 0 bridgehead atoms. The molecule has 0 atom stereocenters. The lowest BCUT2D eigenvalue weighted by molar-refractivity contribution is -0.140. The minimum Gasteiger partial charge on any atom is -0.480 e. The van der Waals surface area contributed by atoms with Crippen LogP contribution in [0.2, 0.25) is 0 Å². The Labute approximate surface area is 100 Å². The molecule has 1 rings (SSSR count). The Hall–Kier alpha value is -1.61. The molecule has 100 valence electrons. The van der Waals surface area contributed by atoms with Gasteiger partial charge in [0.1, 0.15) is 6.54 Å². The molecule has 0 aliphatic rings. The number of carboxylic acid groups (broad SMARTS) is 1. The van der Waals surface area contributed by atoms with E-state index >= 15 is 0 Å². The van der Waals surface area contributed by atoms with Gasteiger partial charge in [-0.15, -0.1) is 0 Å². The number of nitrogens with one attached hydrogen (secondary N) is 1. The largest absolute Gasteiger partial charge is 0.480 e. The first-order chi connectivity index (χ1) is 8.14. The van der Waals surface area contributed by atoms with E-state index < -0.39 is 39.2 Å². The lowest BCUT2D eigenvalue weighted by atomic mass is 10.2. The first-order valence-corrected chi connectivity index (χ1v) is 6.00. The van der Waals surface area contributed by atoms with Gasteiger partial charge in [0.2, 0.25) is 10.0 Å². The molecule has 0 saturated heterocycles. The number of carboxylic acids is 1. The number of halogens is 3. The molecule has 0 fully saturated rings. The third-order valence-corrected chi connectivity index (χ3v) is 3.35. The molecule has 0 aliphatic heterocycles. The van der Waals surface area contributed by atoms with Crippen molar-refractivity contribution in [2.24, 2.45) is 0 Å². The fourth-order valence-corrected chi connectivity index (χ4v) is 2.37. The summed E-state index contributed by atoms with van der Waals surface area (Å²) in [6, 6.07) is 3.52. The number of benzene rings is 1. The van der Waals surface area contributed by atoms with Crippen molar-refractivity contribution in [3.05, 3.63) is 29.8 Å². The van der Waals surface area contributed by atoms with Crippen LogP contribution in [0.25, 0.3) is 0 Å². The van der Waals surface area contributed by atoms with Gasteiger partial charge in [0, 0.05) is 0 Å². The fourth-order valence-electron chi connectivity index (χ4n) is 1.17. The van der Waals surface area contributed by atoms with Crippen molar-refractivity contribution < 1.29 is 31.5 Å². The van der Waals surface area contributed by atoms with E-state index in [1.807, 2.05) is 0 Å². The molecule has 5 nitrogen and oxygen atoms in total. The zero-order valence-electron chi connectivity index (χ0n) is 8.73. The second kappa shape index (κ2) is 4.94. The standard InChI is InChI=1S/C9H8F3NO4S/c10-9(11,12)6-3-1-2-4-7(6)18(16,17)13-5-8(14)15/h1-4,13H,5H2,(H,14,15). The summed E-state index contributed by atoms with van der Waals surface area (Å²) in [5, 5.41) is 8.30. The van der Waals surface area contributed by atoms with Gasteiger partial charge in [-0.05, 0) is 12.1 Å². The highest BCUT2D eigenvalue weighted by atomic mass is 32.2. The molecule has 0 heterocycles. The Balaban J connectivity index is 3.21. The molecule has 0 saturated carbocycles. The number of sulfonamides is 1. The van der Waals surface area contributed by atoms with E-state index in [-0.39, 0.29) is 0 Å². The topological polar surface area (TPSA) is 83.5 Å². The molecule has 0 spiro atoms. The van der Waals surface area contributed by atoms with Crippen molar-refractivity contribution >= 4 is 16.0 Å². The number of hydrogen-bond donors (Lipinski definition) is 2. The normalized spacial score (nSPS) is 12.4. The van der Waals surface area contributed by atoms with Gasteiger partial charge in [0.05, 0.1) is 10.5 Å². The number of alkyl halides is 3. The monoisotopic (exact) mass is 283 g/mol. The maximum Gasteiger partial charge on any atom is 0.417 e. The number of hydrogen-bond acceptors (Lipinski definition) is 3. The maximum atomic E-state index is 12.6. The van der Waals surface area contributed by atoms with Crippen LogP contribution in [0.15, 0.2) is 29.2 Å². The summed E-state index contributed by atoms with van der Waals surface area (Å²) in [5.74, 6) is -1.50. The Morgan fingerprint density at radius 3 is 2.33 bits per heavy atom. The molecule has 9 heteroatoms. The Morgan fingerprint density at radius 2 is 1.83 bits per heavy atom. The first-order valence-electron chi connectivity index (χ1n) is 4.52. The zero-order chi connectivity index (χ0) is 14.0. The Morgan fingerprint density at radius 1 is 1.28 bits per heavy atom. The third-order valence-electron chi connectivity index (χ3n) is 1.90. The summed E-state index contributed by atoms with van der Waals surface area (Å²) in [6.07, 6.45) is -4.84. The van der Waals surface area contributed by atoms with Crippen LogP contribution in [0.4, 0.5) is 13.2 Å².